The van der Waals surface area contributed by atoms with Gasteiger partial charge in [-0.05, 0) is 48.4 Å². The van der Waals surface area contributed by atoms with Crippen molar-refractivity contribution in [3.05, 3.63) is 64.7 Å². The molecule has 0 aromatic heterocycles. The zero-order valence-electron chi connectivity index (χ0n) is 12.9. The number of aliphatic hydroxyl groups excluding tert-OH is 1. The van der Waals surface area contributed by atoms with Gasteiger partial charge in [0, 0.05) is 17.1 Å². The van der Waals surface area contributed by atoms with Crippen LogP contribution in [0.1, 0.15) is 28.4 Å². The summed E-state index contributed by atoms with van der Waals surface area (Å²) in [5.74, 6) is -0.864. The zero-order valence-corrected chi connectivity index (χ0v) is 13.6. The van der Waals surface area contributed by atoms with Crippen molar-refractivity contribution in [3.63, 3.8) is 0 Å². The summed E-state index contributed by atoms with van der Waals surface area (Å²) in [7, 11) is 0. The highest BCUT2D eigenvalue weighted by molar-refractivity contribution is 6.30. The zero-order chi connectivity index (χ0) is 18.4. The van der Waals surface area contributed by atoms with E-state index in [0.29, 0.717) is 10.6 Å². The van der Waals surface area contributed by atoms with Gasteiger partial charge in [-0.1, -0.05) is 23.7 Å². The minimum atomic E-state index is -4.78. The maximum absolute atomic E-state index is 12.1. The van der Waals surface area contributed by atoms with Gasteiger partial charge in [0.1, 0.15) is 5.75 Å². The lowest BCUT2D eigenvalue weighted by Gasteiger charge is -2.12. The Kier molecular flexibility index (Phi) is 6.27. The van der Waals surface area contributed by atoms with Crippen molar-refractivity contribution in [3.8, 4) is 5.75 Å². The number of nitrogens with one attached hydrogen (secondary N) is 1. The number of benzene rings is 2. The largest absolute Gasteiger partial charge is 0.573 e. The topological polar surface area (TPSA) is 58.6 Å². The van der Waals surface area contributed by atoms with Crippen LogP contribution in [-0.2, 0) is 0 Å². The van der Waals surface area contributed by atoms with Crippen molar-refractivity contribution < 1.29 is 27.8 Å². The fourth-order valence-corrected chi connectivity index (χ4v) is 2.31. The predicted molar refractivity (Wildman–Crippen MR) is 86.5 cm³/mol. The third kappa shape index (κ3) is 6.28. The van der Waals surface area contributed by atoms with E-state index in [9.17, 15) is 23.1 Å². The SMILES string of the molecule is O=C(NCC[C@H](O)c1cccc(Cl)c1)c1ccc(OC(F)(F)F)cc1. The molecule has 134 valence electrons. The maximum Gasteiger partial charge on any atom is 0.573 e. The summed E-state index contributed by atoms with van der Waals surface area (Å²) in [4.78, 5) is 11.9. The molecule has 2 rings (SSSR count). The van der Waals surface area contributed by atoms with Crippen LogP contribution in [0.4, 0.5) is 13.2 Å². The molecule has 2 N–H and O–H groups in total. The average Bonchev–Trinajstić information content (AvgIpc) is 2.53. The fourth-order valence-electron chi connectivity index (χ4n) is 2.11. The number of hydrogen-bond donors (Lipinski definition) is 2. The molecule has 0 saturated heterocycles. The summed E-state index contributed by atoms with van der Waals surface area (Å²) in [6.07, 6.45) is -5.30. The summed E-state index contributed by atoms with van der Waals surface area (Å²) in [6.45, 7) is 0.188. The number of rotatable bonds is 6. The molecule has 0 spiro atoms. The molecule has 4 nitrogen and oxygen atoms in total. The van der Waals surface area contributed by atoms with Gasteiger partial charge in [0.2, 0.25) is 0 Å². The van der Waals surface area contributed by atoms with Crippen LogP contribution in [0, 0.1) is 0 Å². The van der Waals surface area contributed by atoms with Gasteiger partial charge in [-0.3, -0.25) is 4.79 Å². The second-order valence-electron chi connectivity index (χ2n) is 5.19. The minimum Gasteiger partial charge on any atom is -0.406 e. The Labute approximate surface area is 147 Å². The molecule has 0 aliphatic rings. The standard InChI is InChI=1S/C17H15ClF3NO3/c18-13-3-1-2-12(10-13)15(23)8-9-22-16(24)11-4-6-14(7-5-11)25-17(19,20)21/h1-7,10,15,23H,8-9H2,(H,22,24)/t15-/m0/s1. The van der Waals surface area contributed by atoms with Crippen LogP contribution in [0.5, 0.6) is 5.75 Å². The molecule has 0 radical (unpaired) electrons. The predicted octanol–water partition coefficient (Wildman–Crippen LogP) is 4.09. The van der Waals surface area contributed by atoms with Crippen LogP contribution >= 0.6 is 11.6 Å². The van der Waals surface area contributed by atoms with Crippen molar-refractivity contribution in [2.75, 3.05) is 6.54 Å². The summed E-state index contributed by atoms with van der Waals surface area (Å²) in [5, 5.41) is 13.1. The Morgan fingerprint density at radius 1 is 1.20 bits per heavy atom. The average molecular weight is 374 g/mol. The van der Waals surface area contributed by atoms with Gasteiger partial charge >= 0.3 is 6.36 Å². The van der Waals surface area contributed by atoms with Gasteiger partial charge in [0.05, 0.1) is 6.10 Å². The number of halogens is 4. The van der Waals surface area contributed by atoms with Crippen LogP contribution in [0.15, 0.2) is 48.5 Å². The molecule has 1 atom stereocenters. The summed E-state index contributed by atoms with van der Waals surface area (Å²) in [5.41, 5.74) is 0.821. The van der Waals surface area contributed by atoms with E-state index in [1.165, 1.54) is 12.1 Å². The van der Waals surface area contributed by atoms with E-state index in [2.05, 4.69) is 10.1 Å². The van der Waals surface area contributed by atoms with E-state index in [1.54, 1.807) is 24.3 Å². The third-order valence-corrected chi connectivity index (χ3v) is 3.52. The lowest BCUT2D eigenvalue weighted by molar-refractivity contribution is -0.274. The Hall–Kier alpha value is -2.25. The highest BCUT2D eigenvalue weighted by Gasteiger charge is 2.31. The van der Waals surface area contributed by atoms with E-state index in [1.807, 2.05) is 0 Å². The molecule has 8 heteroatoms. The van der Waals surface area contributed by atoms with E-state index in [0.717, 1.165) is 12.1 Å². The van der Waals surface area contributed by atoms with Crippen molar-refractivity contribution >= 4 is 17.5 Å². The first-order valence-corrected chi connectivity index (χ1v) is 7.70. The summed E-state index contributed by atoms with van der Waals surface area (Å²) >= 11 is 5.84. The number of ether oxygens (including phenoxy) is 1. The second kappa shape index (κ2) is 8.22. The Morgan fingerprint density at radius 3 is 2.48 bits per heavy atom. The van der Waals surface area contributed by atoms with Crippen molar-refractivity contribution in [2.24, 2.45) is 0 Å². The molecule has 0 heterocycles. The number of alkyl halides is 3. The monoisotopic (exact) mass is 373 g/mol. The molecular weight excluding hydrogens is 359 g/mol. The summed E-state index contributed by atoms with van der Waals surface area (Å²) in [6, 6.07) is 11.3. The quantitative estimate of drug-likeness (QED) is 0.801. The third-order valence-electron chi connectivity index (χ3n) is 3.29. The minimum absolute atomic E-state index is 0.187. The molecule has 0 aliphatic heterocycles. The maximum atomic E-state index is 12.1. The molecule has 0 saturated carbocycles. The van der Waals surface area contributed by atoms with Gasteiger partial charge in [-0.15, -0.1) is 13.2 Å². The molecule has 0 unspecified atom stereocenters. The molecule has 0 fully saturated rings. The molecule has 2 aromatic carbocycles. The van der Waals surface area contributed by atoms with Crippen LogP contribution in [0.2, 0.25) is 5.02 Å². The Morgan fingerprint density at radius 2 is 1.88 bits per heavy atom. The number of hydrogen-bond acceptors (Lipinski definition) is 3. The Bertz CT molecular complexity index is 720. The van der Waals surface area contributed by atoms with Crippen LogP contribution in [-0.4, -0.2) is 23.9 Å². The molecule has 1 amide bonds. The molecule has 2 aromatic rings. The molecular formula is C17H15ClF3NO3. The lowest BCUT2D eigenvalue weighted by atomic mass is 10.1. The van der Waals surface area contributed by atoms with Gasteiger partial charge < -0.3 is 15.2 Å². The number of carbonyl (C=O) groups excluding carboxylic acids is 1. The number of amides is 1. The van der Waals surface area contributed by atoms with Crippen LogP contribution in [0.25, 0.3) is 0 Å². The highest BCUT2D eigenvalue weighted by Crippen LogP contribution is 2.23. The van der Waals surface area contributed by atoms with E-state index >= 15 is 0 Å². The fraction of sp³-hybridized carbons (Fsp3) is 0.235. The van der Waals surface area contributed by atoms with E-state index in [-0.39, 0.29) is 18.5 Å². The van der Waals surface area contributed by atoms with Crippen LogP contribution in [0.3, 0.4) is 0 Å². The van der Waals surface area contributed by atoms with Gasteiger partial charge in [0.15, 0.2) is 0 Å². The second-order valence-corrected chi connectivity index (χ2v) is 5.62. The van der Waals surface area contributed by atoms with Crippen molar-refractivity contribution in [2.45, 2.75) is 18.9 Å². The first kappa shape index (κ1) is 19.1. The smallest absolute Gasteiger partial charge is 0.406 e. The van der Waals surface area contributed by atoms with Crippen LogP contribution < -0.4 is 10.1 Å². The van der Waals surface area contributed by atoms with Gasteiger partial charge in [-0.2, -0.15) is 0 Å². The van der Waals surface area contributed by atoms with E-state index in [4.69, 9.17) is 11.6 Å². The van der Waals surface area contributed by atoms with Gasteiger partial charge in [-0.25, -0.2) is 0 Å². The first-order chi connectivity index (χ1) is 11.7. The number of aliphatic hydroxyl groups is 1. The van der Waals surface area contributed by atoms with E-state index < -0.39 is 24.1 Å². The normalized spacial score (nSPS) is 12.5. The molecule has 25 heavy (non-hydrogen) atoms. The molecule has 0 aliphatic carbocycles. The summed E-state index contributed by atoms with van der Waals surface area (Å²) < 4.78 is 40.0. The number of carbonyl (C=O) groups is 1. The lowest BCUT2D eigenvalue weighted by Crippen LogP contribution is -2.25. The van der Waals surface area contributed by atoms with Crippen molar-refractivity contribution in [1.82, 2.24) is 5.32 Å². The highest BCUT2D eigenvalue weighted by atomic mass is 35.5. The Balaban J connectivity index is 1.84. The molecule has 0 bridgehead atoms. The van der Waals surface area contributed by atoms with Gasteiger partial charge in [0.25, 0.3) is 5.91 Å². The van der Waals surface area contributed by atoms with Crippen molar-refractivity contribution in [1.29, 1.82) is 0 Å². The first-order valence-electron chi connectivity index (χ1n) is 7.32.